The second-order valence-electron chi connectivity index (χ2n) is 3.41. The lowest BCUT2D eigenvalue weighted by Crippen LogP contribution is -2.00. The van der Waals surface area contributed by atoms with Crippen LogP contribution < -0.4 is 0 Å². The molecule has 1 heterocycles. The summed E-state index contributed by atoms with van der Waals surface area (Å²) in [7, 11) is 0. The summed E-state index contributed by atoms with van der Waals surface area (Å²) >= 11 is 0. The highest BCUT2D eigenvalue weighted by Crippen LogP contribution is 2.10. The zero-order chi connectivity index (χ0) is 10.7. The molecule has 0 amide bonds. The van der Waals surface area contributed by atoms with Gasteiger partial charge in [0, 0.05) is 25.0 Å². The fourth-order valence-electron chi connectivity index (χ4n) is 1.49. The predicted molar refractivity (Wildman–Crippen MR) is 54.5 cm³/mol. The van der Waals surface area contributed by atoms with Crippen molar-refractivity contribution in [3.8, 4) is 0 Å². The molecule has 0 N–H and O–H groups in total. The second-order valence-corrected chi connectivity index (χ2v) is 3.41. The molecule has 0 bridgehead atoms. The molecule has 0 unspecified atom stereocenters. The van der Waals surface area contributed by atoms with E-state index in [4.69, 9.17) is 0 Å². The maximum absolute atomic E-state index is 13.2. The van der Waals surface area contributed by atoms with E-state index in [9.17, 15) is 8.78 Å². The van der Waals surface area contributed by atoms with Crippen LogP contribution in [-0.2, 0) is 13.0 Å². The molecule has 1 aromatic carbocycles. The maximum Gasteiger partial charge on any atom is 0.129 e. The van der Waals surface area contributed by atoms with Gasteiger partial charge in [0.15, 0.2) is 0 Å². The van der Waals surface area contributed by atoms with E-state index < -0.39 is 11.6 Å². The molecule has 0 atom stereocenters. The van der Waals surface area contributed by atoms with Crippen molar-refractivity contribution in [3.63, 3.8) is 0 Å². The molecule has 1 aromatic heterocycles. The van der Waals surface area contributed by atoms with Crippen molar-refractivity contribution in [2.24, 2.45) is 0 Å². The van der Waals surface area contributed by atoms with Gasteiger partial charge in [-0.15, -0.1) is 0 Å². The summed E-state index contributed by atoms with van der Waals surface area (Å²) < 4.78 is 27.8. The van der Waals surface area contributed by atoms with Gasteiger partial charge in [-0.3, -0.25) is 0 Å². The minimum Gasteiger partial charge on any atom is -0.354 e. The van der Waals surface area contributed by atoms with Crippen molar-refractivity contribution in [1.29, 1.82) is 0 Å². The third-order valence-electron chi connectivity index (χ3n) is 2.32. The molecular weight excluding hydrogens is 196 g/mol. The van der Waals surface area contributed by atoms with E-state index in [1.807, 2.05) is 29.1 Å². The zero-order valence-corrected chi connectivity index (χ0v) is 8.16. The second kappa shape index (κ2) is 4.26. The number of halogens is 2. The Morgan fingerprint density at radius 3 is 2.47 bits per heavy atom. The molecule has 1 nitrogen and oxygen atoms in total. The quantitative estimate of drug-likeness (QED) is 0.729. The van der Waals surface area contributed by atoms with E-state index in [0.29, 0.717) is 18.5 Å². The van der Waals surface area contributed by atoms with Crippen molar-refractivity contribution in [1.82, 2.24) is 4.57 Å². The Hall–Kier alpha value is -1.64. The number of nitrogens with zero attached hydrogens (tertiary/aromatic N) is 1. The van der Waals surface area contributed by atoms with E-state index >= 15 is 0 Å². The summed E-state index contributed by atoms with van der Waals surface area (Å²) in [6.45, 7) is 0.704. The van der Waals surface area contributed by atoms with Gasteiger partial charge in [0.2, 0.25) is 0 Å². The van der Waals surface area contributed by atoms with Gasteiger partial charge in [0.1, 0.15) is 11.6 Å². The van der Waals surface area contributed by atoms with Gasteiger partial charge >= 0.3 is 0 Å². The van der Waals surface area contributed by atoms with Gasteiger partial charge in [-0.25, -0.2) is 8.78 Å². The van der Waals surface area contributed by atoms with Crippen LogP contribution in [0, 0.1) is 11.6 Å². The summed E-state index contributed by atoms with van der Waals surface area (Å²) in [4.78, 5) is 0. The van der Waals surface area contributed by atoms with Crippen LogP contribution in [0.1, 0.15) is 5.56 Å². The largest absolute Gasteiger partial charge is 0.354 e. The summed E-state index contributed by atoms with van der Waals surface area (Å²) in [6, 6.07) is 7.54. The molecule has 0 aliphatic carbocycles. The highest BCUT2D eigenvalue weighted by molar-refractivity contribution is 5.18. The molecule has 0 saturated heterocycles. The zero-order valence-electron chi connectivity index (χ0n) is 8.16. The van der Waals surface area contributed by atoms with Gasteiger partial charge in [-0.2, -0.15) is 0 Å². The van der Waals surface area contributed by atoms with Gasteiger partial charge in [0.05, 0.1) is 0 Å². The third kappa shape index (κ3) is 2.43. The lowest BCUT2D eigenvalue weighted by molar-refractivity contribution is 0.564. The lowest BCUT2D eigenvalue weighted by Gasteiger charge is -2.04. The Morgan fingerprint density at radius 1 is 1.07 bits per heavy atom. The van der Waals surface area contributed by atoms with Crippen molar-refractivity contribution < 1.29 is 8.78 Å². The lowest BCUT2D eigenvalue weighted by atomic mass is 10.1. The van der Waals surface area contributed by atoms with Crippen molar-refractivity contribution in [2.45, 2.75) is 13.0 Å². The highest BCUT2D eigenvalue weighted by Gasteiger charge is 2.03. The van der Waals surface area contributed by atoms with Gasteiger partial charge < -0.3 is 4.57 Å². The summed E-state index contributed by atoms with van der Waals surface area (Å²) in [6.07, 6.45) is 4.41. The van der Waals surface area contributed by atoms with Crippen LogP contribution in [0.2, 0.25) is 0 Å². The average Bonchev–Trinajstić information content (AvgIpc) is 2.69. The summed E-state index contributed by atoms with van der Waals surface area (Å²) in [5.41, 5.74) is 0.546. The van der Waals surface area contributed by atoms with E-state index in [1.54, 1.807) is 0 Å². The smallest absolute Gasteiger partial charge is 0.129 e. The molecule has 0 fully saturated rings. The van der Waals surface area contributed by atoms with Crippen LogP contribution >= 0.6 is 0 Å². The molecule has 15 heavy (non-hydrogen) atoms. The molecular formula is C12H11F2N. The fourth-order valence-corrected chi connectivity index (χ4v) is 1.49. The van der Waals surface area contributed by atoms with Gasteiger partial charge in [0.25, 0.3) is 0 Å². The number of rotatable bonds is 3. The standard InChI is InChI=1S/C12H11F2N/c13-11-4-3-10(12(14)9-11)5-8-15-6-1-2-7-15/h1-4,6-7,9H,5,8H2. The normalized spacial score (nSPS) is 10.5. The maximum atomic E-state index is 13.2. The first-order valence-corrected chi connectivity index (χ1v) is 4.80. The van der Waals surface area contributed by atoms with Crippen LogP contribution in [0.25, 0.3) is 0 Å². The molecule has 0 saturated carbocycles. The summed E-state index contributed by atoms with van der Waals surface area (Å²) in [5, 5.41) is 0. The van der Waals surface area contributed by atoms with Crippen LogP contribution in [0.15, 0.2) is 42.7 Å². The number of hydrogen-bond donors (Lipinski definition) is 0. The molecule has 3 heteroatoms. The molecule has 2 aromatic rings. The molecule has 0 aliphatic heterocycles. The third-order valence-corrected chi connectivity index (χ3v) is 2.32. The first-order chi connectivity index (χ1) is 7.25. The molecule has 0 spiro atoms. The first-order valence-electron chi connectivity index (χ1n) is 4.80. The van der Waals surface area contributed by atoms with Gasteiger partial charge in [-0.1, -0.05) is 6.07 Å². The topological polar surface area (TPSA) is 4.93 Å². The Kier molecular flexibility index (Phi) is 2.81. The Balaban J connectivity index is 2.05. The van der Waals surface area contributed by atoms with Crippen molar-refractivity contribution in [2.75, 3.05) is 0 Å². The van der Waals surface area contributed by atoms with Crippen LogP contribution in [-0.4, -0.2) is 4.57 Å². The predicted octanol–water partition coefficient (Wildman–Crippen LogP) is 3.01. The molecule has 0 radical (unpaired) electrons. The van der Waals surface area contributed by atoms with Crippen LogP contribution in [0.5, 0.6) is 0 Å². The molecule has 2 rings (SSSR count). The fraction of sp³-hybridized carbons (Fsp3) is 0.167. The SMILES string of the molecule is Fc1ccc(CCn2cccc2)c(F)c1. The number of benzene rings is 1. The molecule has 0 aliphatic rings. The van der Waals surface area contributed by atoms with E-state index in [-0.39, 0.29) is 0 Å². The van der Waals surface area contributed by atoms with Crippen molar-refractivity contribution in [3.05, 3.63) is 59.9 Å². The number of hydrogen-bond acceptors (Lipinski definition) is 0. The minimum atomic E-state index is -0.530. The van der Waals surface area contributed by atoms with Gasteiger partial charge in [-0.05, 0) is 30.2 Å². The number of aryl methyl sites for hydroxylation is 2. The minimum absolute atomic E-state index is 0.470. The Bertz CT molecular complexity index is 435. The average molecular weight is 207 g/mol. The molecule has 78 valence electrons. The summed E-state index contributed by atoms with van der Waals surface area (Å²) in [5.74, 6) is -1.00. The van der Waals surface area contributed by atoms with Crippen molar-refractivity contribution >= 4 is 0 Å². The van der Waals surface area contributed by atoms with E-state index in [1.165, 1.54) is 12.1 Å². The Morgan fingerprint density at radius 2 is 1.80 bits per heavy atom. The van der Waals surface area contributed by atoms with E-state index in [0.717, 1.165) is 6.07 Å². The monoisotopic (exact) mass is 207 g/mol. The van der Waals surface area contributed by atoms with E-state index in [2.05, 4.69) is 0 Å². The number of aromatic nitrogens is 1. The highest BCUT2D eigenvalue weighted by atomic mass is 19.1. The Labute approximate surface area is 87.0 Å². The van der Waals surface area contributed by atoms with Crippen LogP contribution in [0.4, 0.5) is 8.78 Å². The first kappa shape index (κ1) is 9.90. The van der Waals surface area contributed by atoms with Crippen LogP contribution in [0.3, 0.4) is 0 Å².